The van der Waals surface area contributed by atoms with Crippen LogP contribution in [0.1, 0.15) is 34.5 Å². The Bertz CT molecular complexity index is 1490. The van der Waals surface area contributed by atoms with E-state index in [-0.39, 0.29) is 5.91 Å². The van der Waals surface area contributed by atoms with E-state index in [2.05, 4.69) is 20.9 Å². The fraction of sp³-hybridized carbons (Fsp3) is 0.296. The van der Waals surface area contributed by atoms with E-state index in [4.69, 9.17) is 4.74 Å². The van der Waals surface area contributed by atoms with Crippen LogP contribution in [0.2, 0.25) is 0 Å². The van der Waals surface area contributed by atoms with Crippen molar-refractivity contribution in [1.29, 1.82) is 0 Å². The summed E-state index contributed by atoms with van der Waals surface area (Å²) in [6.07, 6.45) is 4.15. The van der Waals surface area contributed by atoms with Gasteiger partial charge in [-0.25, -0.2) is 4.57 Å². The molecule has 0 unspecified atom stereocenters. The molecule has 6 heteroatoms. The lowest BCUT2D eigenvalue weighted by atomic mass is 9.91. The summed E-state index contributed by atoms with van der Waals surface area (Å²) in [6.45, 7) is 2.16. The molecule has 164 valence electrons. The van der Waals surface area contributed by atoms with Crippen molar-refractivity contribution in [1.82, 2.24) is 10.3 Å². The SMILES string of the molecule is O=C1NCCc2cc3c(cc21)c1[n+](c2nc(F)c(-c4cccc(OCC5CC5)c4)cc32)CC1. The van der Waals surface area contributed by atoms with Crippen molar-refractivity contribution < 1.29 is 18.5 Å². The molecule has 1 aliphatic carbocycles. The highest BCUT2D eigenvalue weighted by atomic mass is 19.1. The molecule has 0 saturated heterocycles. The Labute approximate surface area is 190 Å². The van der Waals surface area contributed by atoms with E-state index in [1.165, 1.54) is 12.8 Å². The van der Waals surface area contributed by atoms with Crippen LogP contribution in [0.5, 0.6) is 5.75 Å². The molecule has 1 amide bonds. The van der Waals surface area contributed by atoms with E-state index in [0.717, 1.165) is 63.7 Å². The lowest BCUT2D eigenvalue weighted by Gasteiger charge is -2.23. The molecule has 2 aliphatic heterocycles. The zero-order valence-electron chi connectivity index (χ0n) is 18.2. The highest BCUT2D eigenvalue weighted by Crippen LogP contribution is 2.35. The zero-order chi connectivity index (χ0) is 22.1. The maximum Gasteiger partial charge on any atom is 0.334 e. The van der Waals surface area contributed by atoms with Gasteiger partial charge in [0.15, 0.2) is 0 Å². The second-order valence-electron chi connectivity index (χ2n) is 9.39. The maximum absolute atomic E-state index is 15.3. The first-order valence-corrected chi connectivity index (χ1v) is 11.7. The highest BCUT2D eigenvalue weighted by molar-refractivity contribution is 6.09. The van der Waals surface area contributed by atoms with Crippen molar-refractivity contribution in [2.45, 2.75) is 32.2 Å². The van der Waals surface area contributed by atoms with E-state index in [9.17, 15) is 4.79 Å². The summed E-state index contributed by atoms with van der Waals surface area (Å²) < 4.78 is 23.3. The van der Waals surface area contributed by atoms with Crippen molar-refractivity contribution in [2.24, 2.45) is 5.92 Å². The topological polar surface area (TPSA) is 55.1 Å². The number of amides is 1. The van der Waals surface area contributed by atoms with Gasteiger partial charge >= 0.3 is 11.6 Å². The van der Waals surface area contributed by atoms with Crippen LogP contribution in [0.4, 0.5) is 4.39 Å². The number of nitrogens with one attached hydrogen (secondary N) is 1. The van der Waals surface area contributed by atoms with Gasteiger partial charge in [-0.1, -0.05) is 12.1 Å². The van der Waals surface area contributed by atoms with Crippen molar-refractivity contribution in [2.75, 3.05) is 13.2 Å². The number of carbonyl (C=O) groups is 1. The minimum Gasteiger partial charge on any atom is -0.493 e. The molecule has 33 heavy (non-hydrogen) atoms. The Balaban J connectivity index is 1.43. The minimum absolute atomic E-state index is 0.0164. The first-order chi connectivity index (χ1) is 16.2. The van der Waals surface area contributed by atoms with Gasteiger partial charge in [0.2, 0.25) is 0 Å². The number of nitrogens with zero attached hydrogens (tertiary/aromatic N) is 2. The third-order valence-electron chi connectivity index (χ3n) is 7.21. The van der Waals surface area contributed by atoms with Gasteiger partial charge in [0.05, 0.1) is 24.1 Å². The van der Waals surface area contributed by atoms with Crippen LogP contribution in [0, 0.1) is 11.9 Å². The first kappa shape index (κ1) is 19.0. The van der Waals surface area contributed by atoms with Crippen LogP contribution in [-0.2, 0) is 19.4 Å². The number of benzene rings is 2. The summed E-state index contributed by atoms with van der Waals surface area (Å²) in [6, 6.07) is 13.7. The van der Waals surface area contributed by atoms with Crippen molar-refractivity contribution in [3.8, 4) is 16.9 Å². The molecule has 1 N–H and O–H groups in total. The van der Waals surface area contributed by atoms with Crippen LogP contribution in [0.3, 0.4) is 0 Å². The highest BCUT2D eigenvalue weighted by Gasteiger charge is 2.31. The Morgan fingerprint density at radius 3 is 2.76 bits per heavy atom. The fourth-order valence-electron chi connectivity index (χ4n) is 5.12. The standard InChI is InChI=1S/C27H22FN3O2/c28-25-19(16-2-1-3-18(10-16)33-14-15-4-5-15)12-23-21-11-17-6-8-29-27(32)20(17)13-22(21)24-7-9-31(24)26(23)30-25/h1-3,10-13,15H,4-9,14H2/p+1. The van der Waals surface area contributed by atoms with Gasteiger partial charge in [-0.2, -0.15) is 4.39 Å². The molecule has 2 aromatic heterocycles. The third kappa shape index (κ3) is 3.00. The summed E-state index contributed by atoms with van der Waals surface area (Å²) in [7, 11) is 0. The summed E-state index contributed by atoms with van der Waals surface area (Å²) in [4.78, 5) is 16.9. The second kappa shape index (κ2) is 6.98. The van der Waals surface area contributed by atoms with Gasteiger partial charge in [-0.3, -0.25) is 4.79 Å². The predicted molar refractivity (Wildman–Crippen MR) is 123 cm³/mol. The van der Waals surface area contributed by atoms with Crippen molar-refractivity contribution in [3.63, 3.8) is 0 Å². The van der Waals surface area contributed by atoms with Gasteiger partial charge < -0.3 is 10.1 Å². The number of pyridine rings is 2. The monoisotopic (exact) mass is 440 g/mol. The third-order valence-corrected chi connectivity index (χ3v) is 7.21. The van der Waals surface area contributed by atoms with Gasteiger partial charge in [0, 0.05) is 29.3 Å². The molecule has 0 radical (unpaired) electrons. The van der Waals surface area contributed by atoms with Crippen LogP contribution in [0.15, 0.2) is 42.5 Å². The van der Waals surface area contributed by atoms with E-state index >= 15 is 4.39 Å². The molecule has 7 rings (SSSR count). The van der Waals surface area contributed by atoms with E-state index in [1.807, 2.05) is 36.4 Å². The van der Waals surface area contributed by atoms with Crippen LogP contribution < -0.4 is 14.6 Å². The van der Waals surface area contributed by atoms with E-state index in [0.29, 0.717) is 30.3 Å². The number of hydrogen-bond donors (Lipinski definition) is 1. The summed E-state index contributed by atoms with van der Waals surface area (Å²) in [5, 5.41) is 5.96. The lowest BCUT2D eigenvalue weighted by Crippen LogP contribution is -2.50. The van der Waals surface area contributed by atoms with Crippen molar-refractivity contribution >= 4 is 27.7 Å². The van der Waals surface area contributed by atoms with Gasteiger partial charge in [0.25, 0.3) is 5.91 Å². The number of halogens is 1. The lowest BCUT2D eigenvalue weighted by molar-refractivity contribution is -0.716. The quantitative estimate of drug-likeness (QED) is 0.295. The largest absolute Gasteiger partial charge is 0.493 e. The summed E-state index contributed by atoms with van der Waals surface area (Å²) in [5.41, 5.74) is 4.81. The molecule has 4 aromatic rings. The Hall–Kier alpha value is -3.54. The van der Waals surface area contributed by atoms with Crippen LogP contribution >= 0.6 is 0 Å². The molecule has 0 spiro atoms. The van der Waals surface area contributed by atoms with Crippen molar-refractivity contribution in [3.05, 3.63) is 65.2 Å². The van der Waals surface area contributed by atoms with Gasteiger partial charge in [0.1, 0.15) is 11.4 Å². The molecule has 4 heterocycles. The second-order valence-corrected chi connectivity index (χ2v) is 9.39. The number of hydrogen-bond acceptors (Lipinski definition) is 3. The molecule has 1 saturated carbocycles. The summed E-state index contributed by atoms with van der Waals surface area (Å²) >= 11 is 0. The number of rotatable bonds is 4. The van der Waals surface area contributed by atoms with Gasteiger partial charge in [-0.15, -0.1) is 0 Å². The van der Waals surface area contributed by atoms with Crippen LogP contribution in [0.25, 0.3) is 32.9 Å². The Kier molecular flexibility index (Phi) is 4.01. The molecule has 2 aromatic carbocycles. The molecular formula is C27H23FN3O2+. The summed E-state index contributed by atoms with van der Waals surface area (Å²) in [5.74, 6) is 0.926. The number of carbonyl (C=O) groups excluding carboxylic acids is 1. The molecule has 3 aliphatic rings. The predicted octanol–water partition coefficient (Wildman–Crippen LogP) is 4.11. The Morgan fingerprint density at radius 1 is 1.06 bits per heavy atom. The van der Waals surface area contributed by atoms with Gasteiger partial charge in [-0.05, 0) is 71.6 Å². The number of aryl methyl sites for hydroxylation is 2. The average Bonchev–Trinajstić information content (AvgIpc) is 3.62. The maximum atomic E-state index is 15.3. The minimum atomic E-state index is -0.472. The number of fused-ring (bicyclic) bond motifs is 7. The number of ether oxygens (including phenoxy) is 1. The Morgan fingerprint density at radius 2 is 1.94 bits per heavy atom. The van der Waals surface area contributed by atoms with Crippen LogP contribution in [-0.4, -0.2) is 24.0 Å². The molecule has 5 nitrogen and oxygen atoms in total. The van der Waals surface area contributed by atoms with E-state index in [1.54, 1.807) is 0 Å². The van der Waals surface area contributed by atoms with E-state index < -0.39 is 5.95 Å². The number of aromatic nitrogens is 2. The first-order valence-electron chi connectivity index (χ1n) is 11.7. The molecular weight excluding hydrogens is 417 g/mol. The zero-order valence-corrected chi connectivity index (χ0v) is 18.2. The normalized spacial score (nSPS) is 16.8. The average molecular weight is 440 g/mol. The molecule has 0 atom stereocenters. The smallest absolute Gasteiger partial charge is 0.334 e. The molecule has 0 bridgehead atoms. The fourth-order valence-corrected chi connectivity index (χ4v) is 5.12. The molecule has 1 fully saturated rings.